The van der Waals surface area contributed by atoms with Gasteiger partial charge in [0, 0.05) is 6.54 Å². The maximum Gasteiger partial charge on any atom is 0.328 e. The fourth-order valence-corrected chi connectivity index (χ4v) is 2.89. The summed E-state index contributed by atoms with van der Waals surface area (Å²) < 4.78 is 0. The highest BCUT2D eigenvalue weighted by Crippen LogP contribution is 2.11. The molecule has 4 atom stereocenters. The Hall–Kier alpha value is -3.91. The van der Waals surface area contributed by atoms with Gasteiger partial charge in [-0.15, -0.1) is 0 Å². The van der Waals surface area contributed by atoms with Crippen molar-refractivity contribution in [3.05, 3.63) is 29.8 Å². The van der Waals surface area contributed by atoms with Crippen LogP contribution in [-0.4, -0.2) is 82.3 Å². The average Bonchev–Trinajstić information content (AvgIpc) is 2.79. The number of nitrogens with two attached hydrogens (primary N) is 3. The lowest BCUT2D eigenvalue weighted by Crippen LogP contribution is -2.56. The number of aromatic hydroxyl groups is 1. The fraction of sp³-hybridized carbons (Fsp3) is 0.476. The van der Waals surface area contributed by atoms with E-state index >= 15 is 0 Å². The molecule has 14 nitrogen and oxygen atoms in total. The van der Waals surface area contributed by atoms with Crippen molar-refractivity contribution in [3.63, 3.8) is 0 Å². The van der Waals surface area contributed by atoms with Crippen LogP contribution in [0.1, 0.15) is 25.3 Å². The SMILES string of the molecule is CC(NC(=O)C(N)Cc1ccc(O)cc1)C(=O)NC(CCCN=C(N)N)C(=O)NC(CO)C(=O)O. The number of hydrogen-bond acceptors (Lipinski definition) is 8. The van der Waals surface area contributed by atoms with E-state index in [-0.39, 0.29) is 37.5 Å². The second kappa shape index (κ2) is 14.4. The standard InChI is InChI=1S/C21H33N7O7/c1-11(26-18(32)14(22)9-12-4-6-13(30)7-5-12)17(31)27-15(3-2-8-25-21(23)24)19(33)28-16(10-29)20(34)35/h4-7,11,14-16,29-30H,2-3,8-10,22H2,1H3,(H,26,32)(H,27,31)(H,28,33)(H,34,35)(H4,23,24,25). The number of nitrogens with one attached hydrogen (secondary N) is 3. The zero-order valence-corrected chi connectivity index (χ0v) is 19.3. The van der Waals surface area contributed by atoms with Gasteiger partial charge in [-0.25, -0.2) is 4.79 Å². The summed E-state index contributed by atoms with van der Waals surface area (Å²) in [5.41, 5.74) is 17.1. The summed E-state index contributed by atoms with van der Waals surface area (Å²) in [5.74, 6) is -3.70. The van der Waals surface area contributed by atoms with E-state index in [0.29, 0.717) is 5.56 Å². The zero-order chi connectivity index (χ0) is 26.5. The van der Waals surface area contributed by atoms with E-state index in [9.17, 15) is 24.3 Å². The molecule has 12 N–H and O–H groups in total. The molecule has 0 spiro atoms. The molecule has 4 unspecified atom stereocenters. The maximum atomic E-state index is 12.6. The van der Waals surface area contributed by atoms with Gasteiger partial charge in [-0.1, -0.05) is 12.1 Å². The number of carboxylic acid groups (broad SMARTS) is 1. The molecule has 0 saturated heterocycles. The molecule has 0 bridgehead atoms. The third-order valence-corrected chi connectivity index (χ3v) is 4.86. The molecule has 0 fully saturated rings. The zero-order valence-electron chi connectivity index (χ0n) is 19.3. The van der Waals surface area contributed by atoms with Gasteiger partial charge in [0.2, 0.25) is 17.7 Å². The predicted molar refractivity (Wildman–Crippen MR) is 126 cm³/mol. The van der Waals surface area contributed by atoms with Gasteiger partial charge in [0.25, 0.3) is 0 Å². The van der Waals surface area contributed by atoms with Crippen molar-refractivity contribution >= 4 is 29.7 Å². The first-order chi connectivity index (χ1) is 16.4. The Kier molecular flexibility index (Phi) is 12.0. The molecule has 0 saturated carbocycles. The number of rotatable bonds is 14. The molecule has 0 aromatic heterocycles. The number of carbonyl (C=O) groups is 4. The van der Waals surface area contributed by atoms with E-state index in [1.54, 1.807) is 12.1 Å². The number of aliphatic imine (C=N–C) groups is 1. The number of aliphatic carboxylic acids is 1. The van der Waals surface area contributed by atoms with Gasteiger partial charge in [0.15, 0.2) is 5.96 Å². The minimum atomic E-state index is -1.56. The quantitative estimate of drug-likeness (QED) is 0.0712. The lowest BCUT2D eigenvalue weighted by molar-refractivity contribution is -0.143. The van der Waals surface area contributed by atoms with Crippen molar-refractivity contribution in [2.75, 3.05) is 13.2 Å². The highest BCUT2D eigenvalue weighted by atomic mass is 16.4. The lowest BCUT2D eigenvalue weighted by Gasteiger charge is -2.23. The summed E-state index contributed by atoms with van der Waals surface area (Å²) in [4.78, 5) is 52.5. The van der Waals surface area contributed by atoms with E-state index in [1.165, 1.54) is 19.1 Å². The number of carbonyl (C=O) groups excluding carboxylic acids is 3. The monoisotopic (exact) mass is 495 g/mol. The number of guanidine groups is 1. The van der Waals surface area contributed by atoms with Crippen molar-refractivity contribution in [1.29, 1.82) is 0 Å². The van der Waals surface area contributed by atoms with E-state index in [2.05, 4.69) is 20.9 Å². The fourth-order valence-electron chi connectivity index (χ4n) is 2.89. The predicted octanol–water partition coefficient (Wildman–Crippen LogP) is -3.13. The van der Waals surface area contributed by atoms with Crippen molar-refractivity contribution in [2.24, 2.45) is 22.2 Å². The first-order valence-corrected chi connectivity index (χ1v) is 10.8. The lowest BCUT2D eigenvalue weighted by atomic mass is 10.1. The Morgan fingerprint density at radius 1 is 0.971 bits per heavy atom. The highest BCUT2D eigenvalue weighted by molar-refractivity contribution is 5.94. The summed E-state index contributed by atoms with van der Waals surface area (Å²) in [5, 5.41) is 34.6. The summed E-state index contributed by atoms with van der Waals surface area (Å²) >= 11 is 0. The highest BCUT2D eigenvalue weighted by Gasteiger charge is 2.28. The van der Waals surface area contributed by atoms with Crippen LogP contribution in [0.15, 0.2) is 29.3 Å². The van der Waals surface area contributed by atoms with Crippen molar-refractivity contribution in [2.45, 2.75) is 50.4 Å². The number of aliphatic hydroxyl groups excluding tert-OH is 1. The van der Waals surface area contributed by atoms with Crippen molar-refractivity contribution < 1.29 is 34.5 Å². The Morgan fingerprint density at radius 3 is 2.11 bits per heavy atom. The molecular formula is C21H33N7O7. The maximum absolute atomic E-state index is 12.6. The average molecular weight is 496 g/mol. The van der Waals surface area contributed by atoms with Gasteiger partial charge in [-0.3, -0.25) is 19.4 Å². The van der Waals surface area contributed by atoms with Crippen LogP contribution in [0.2, 0.25) is 0 Å². The summed E-state index contributed by atoms with van der Waals surface area (Å²) in [6.07, 6.45) is 0.479. The van der Waals surface area contributed by atoms with Gasteiger partial charge >= 0.3 is 5.97 Å². The molecule has 0 aliphatic carbocycles. The number of phenolic OH excluding ortho intramolecular Hbond substituents is 1. The van der Waals surface area contributed by atoms with Crippen LogP contribution in [0.5, 0.6) is 5.75 Å². The van der Waals surface area contributed by atoms with Gasteiger partial charge in [-0.2, -0.15) is 0 Å². The largest absolute Gasteiger partial charge is 0.508 e. The Labute approximate surface area is 201 Å². The van der Waals surface area contributed by atoms with Crippen molar-refractivity contribution in [1.82, 2.24) is 16.0 Å². The molecule has 35 heavy (non-hydrogen) atoms. The Morgan fingerprint density at radius 2 is 1.57 bits per heavy atom. The van der Waals surface area contributed by atoms with Crippen LogP contribution in [0.25, 0.3) is 0 Å². The minimum Gasteiger partial charge on any atom is -0.508 e. The third kappa shape index (κ3) is 10.7. The second-order valence-corrected chi connectivity index (χ2v) is 7.80. The molecule has 194 valence electrons. The first kappa shape index (κ1) is 29.1. The molecule has 1 rings (SSSR count). The third-order valence-electron chi connectivity index (χ3n) is 4.86. The molecule has 0 radical (unpaired) electrons. The second-order valence-electron chi connectivity index (χ2n) is 7.80. The van der Waals surface area contributed by atoms with Crippen molar-refractivity contribution in [3.8, 4) is 5.75 Å². The van der Waals surface area contributed by atoms with Gasteiger partial charge in [-0.05, 0) is 43.9 Å². The number of benzene rings is 1. The number of aliphatic hydroxyl groups is 1. The molecule has 14 heteroatoms. The summed E-state index contributed by atoms with van der Waals surface area (Å²) in [6.45, 7) is 0.701. The van der Waals surface area contributed by atoms with Gasteiger partial charge < -0.3 is 48.5 Å². The normalized spacial score (nSPS) is 14.0. The molecular weight excluding hydrogens is 462 g/mol. The Bertz CT molecular complexity index is 904. The van der Waals surface area contributed by atoms with Crippen LogP contribution >= 0.6 is 0 Å². The number of amides is 3. The van der Waals surface area contributed by atoms with Crippen LogP contribution in [0.4, 0.5) is 0 Å². The Balaban J connectivity index is 2.76. The summed E-state index contributed by atoms with van der Waals surface area (Å²) in [7, 11) is 0. The van der Waals surface area contributed by atoms with E-state index in [1.807, 2.05) is 0 Å². The summed E-state index contributed by atoms with van der Waals surface area (Å²) in [6, 6.07) is 1.34. The molecule has 0 aliphatic heterocycles. The minimum absolute atomic E-state index is 0.0488. The number of carboxylic acids is 1. The first-order valence-electron chi connectivity index (χ1n) is 10.8. The van der Waals surface area contributed by atoms with Gasteiger partial charge in [0.05, 0.1) is 12.6 Å². The number of nitrogens with zero attached hydrogens (tertiary/aromatic N) is 1. The van der Waals surface area contributed by atoms with E-state index < -0.39 is 54.5 Å². The van der Waals surface area contributed by atoms with Crippen LogP contribution in [0, 0.1) is 0 Å². The van der Waals surface area contributed by atoms with Gasteiger partial charge in [0.1, 0.15) is 23.9 Å². The van der Waals surface area contributed by atoms with E-state index in [4.69, 9.17) is 27.4 Å². The molecule has 1 aromatic rings. The smallest absolute Gasteiger partial charge is 0.328 e. The van der Waals surface area contributed by atoms with Crippen LogP contribution < -0.4 is 33.2 Å². The van der Waals surface area contributed by atoms with Crippen LogP contribution in [0.3, 0.4) is 0 Å². The molecule has 0 heterocycles. The molecule has 3 amide bonds. The number of phenols is 1. The number of hydrogen-bond donors (Lipinski definition) is 9. The van der Waals surface area contributed by atoms with Crippen LogP contribution in [-0.2, 0) is 25.6 Å². The van der Waals surface area contributed by atoms with E-state index in [0.717, 1.165) is 0 Å². The molecule has 0 aliphatic rings. The molecule has 1 aromatic carbocycles. The topological polar surface area (TPSA) is 255 Å².